The lowest BCUT2D eigenvalue weighted by Gasteiger charge is -2.36. The number of anilines is 1. The van der Waals surface area contributed by atoms with E-state index in [9.17, 15) is 13.2 Å². The molecule has 0 aliphatic heterocycles. The van der Waals surface area contributed by atoms with Crippen LogP contribution in [0.2, 0.25) is 0 Å². The quantitative estimate of drug-likeness (QED) is 0.794. The van der Waals surface area contributed by atoms with Gasteiger partial charge in [0.05, 0.1) is 10.9 Å². The predicted molar refractivity (Wildman–Crippen MR) is 105 cm³/mol. The molecule has 1 aliphatic carbocycles. The van der Waals surface area contributed by atoms with Crippen LogP contribution in [0.4, 0.5) is 5.69 Å². The SMILES string of the molecule is C[C@@H]1[C@H](C)CCC[C@@H]1N[C@@H](C)C(=O)Nc1cccc(S(=O)(=O)N(C)C)c1. The Morgan fingerprint density at radius 1 is 1.23 bits per heavy atom. The molecule has 1 aromatic rings. The smallest absolute Gasteiger partial charge is 0.242 e. The van der Waals surface area contributed by atoms with E-state index in [-0.39, 0.29) is 16.8 Å². The Kier molecular flexibility index (Phi) is 6.82. The second kappa shape index (κ2) is 8.50. The standard InChI is InChI=1S/C19H31N3O3S/c1-13-8-6-11-18(14(13)2)20-15(3)19(23)21-16-9-7-10-17(12-16)26(24,25)22(4)5/h7,9-10,12-15,18,20H,6,8,11H2,1-5H3,(H,21,23)/t13-,14-,15+,18+/m1/s1. The lowest BCUT2D eigenvalue weighted by molar-refractivity contribution is -0.118. The highest BCUT2D eigenvalue weighted by Gasteiger charge is 2.29. The van der Waals surface area contributed by atoms with Crippen LogP contribution in [0.15, 0.2) is 29.2 Å². The zero-order chi connectivity index (χ0) is 19.5. The third-order valence-corrected chi connectivity index (χ3v) is 7.26. The Morgan fingerprint density at radius 2 is 1.92 bits per heavy atom. The zero-order valence-electron chi connectivity index (χ0n) is 16.3. The van der Waals surface area contributed by atoms with E-state index in [0.717, 1.165) is 10.7 Å². The molecular formula is C19H31N3O3S. The van der Waals surface area contributed by atoms with Crippen molar-refractivity contribution in [2.45, 2.75) is 57.0 Å². The van der Waals surface area contributed by atoms with Crippen molar-refractivity contribution in [3.63, 3.8) is 0 Å². The molecule has 1 aliphatic rings. The topological polar surface area (TPSA) is 78.5 Å². The largest absolute Gasteiger partial charge is 0.325 e. The highest BCUT2D eigenvalue weighted by atomic mass is 32.2. The van der Waals surface area contributed by atoms with Gasteiger partial charge in [-0.25, -0.2) is 12.7 Å². The lowest BCUT2D eigenvalue weighted by Crippen LogP contribution is -2.49. The summed E-state index contributed by atoms with van der Waals surface area (Å²) in [6, 6.07) is 6.34. The number of hydrogen-bond acceptors (Lipinski definition) is 4. The normalized spacial score (nSPS) is 25.1. The van der Waals surface area contributed by atoms with Gasteiger partial charge in [-0.1, -0.05) is 32.8 Å². The first kappa shape index (κ1) is 20.9. The Morgan fingerprint density at radius 3 is 2.58 bits per heavy atom. The molecule has 0 saturated heterocycles. The van der Waals surface area contributed by atoms with Gasteiger partial charge in [0.25, 0.3) is 0 Å². The summed E-state index contributed by atoms with van der Waals surface area (Å²) in [5.74, 6) is 1.03. The van der Waals surface area contributed by atoms with Crippen molar-refractivity contribution < 1.29 is 13.2 Å². The fourth-order valence-corrected chi connectivity index (χ4v) is 4.36. The predicted octanol–water partition coefficient (Wildman–Crippen LogP) is 2.68. The number of carbonyl (C=O) groups excluding carboxylic acids is 1. The minimum Gasteiger partial charge on any atom is -0.325 e. The summed E-state index contributed by atoms with van der Waals surface area (Å²) in [4.78, 5) is 12.7. The Hall–Kier alpha value is -1.44. The summed E-state index contributed by atoms with van der Waals surface area (Å²) in [5.41, 5.74) is 0.483. The number of hydrogen-bond donors (Lipinski definition) is 2. The molecule has 0 radical (unpaired) electrons. The van der Waals surface area contributed by atoms with Gasteiger partial charge in [0.15, 0.2) is 0 Å². The van der Waals surface area contributed by atoms with Crippen molar-refractivity contribution in [3.05, 3.63) is 24.3 Å². The molecule has 0 aromatic heterocycles. The van der Waals surface area contributed by atoms with Gasteiger partial charge in [-0.15, -0.1) is 0 Å². The van der Waals surface area contributed by atoms with Gasteiger partial charge in [0.1, 0.15) is 0 Å². The molecule has 1 aromatic carbocycles. The maximum atomic E-state index is 12.5. The summed E-state index contributed by atoms with van der Waals surface area (Å²) < 4.78 is 25.6. The molecule has 0 spiro atoms. The first-order valence-corrected chi connectivity index (χ1v) is 10.7. The molecule has 4 atom stereocenters. The highest BCUT2D eigenvalue weighted by Crippen LogP contribution is 2.29. The van der Waals surface area contributed by atoms with Crippen molar-refractivity contribution in [1.29, 1.82) is 0 Å². The lowest BCUT2D eigenvalue weighted by atomic mass is 9.78. The second-order valence-corrected chi connectivity index (χ2v) is 9.72. The Balaban J connectivity index is 2.03. The van der Waals surface area contributed by atoms with Gasteiger partial charge in [-0.3, -0.25) is 4.79 Å². The maximum Gasteiger partial charge on any atom is 0.242 e. The summed E-state index contributed by atoms with van der Waals surface area (Å²) >= 11 is 0. The van der Waals surface area contributed by atoms with Crippen molar-refractivity contribution in [3.8, 4) is 0 Å². The fourth-order valence-electron chi connectivity index (χ4n) is 3.41. The maximum absolute atomic E-state index is 12.5. The molecule has 146 valence electrons. The van der Waals surface area contributed by atoms with Gasteiger partial charge < -0.3 is 10.6 Å². The number of carbonyl (C=O) groups is 1. The van der Waals surface area contributed by atoms with Crippen LogP contribution >= 0.6 is 0 Å². The van der Waals surface area contributed by atoms with Crippen LogP contribution in [0.5, 0.6) is 0 Å². The third-order valence-electron chi connectivity index (χ3n) is 5.44. The van der Waals surface area contributed by atoms with E-state index in [0.29, 0.717) is 23.6 Å². The minimum atomic E-state index is -3.53. The van der Waals surface area contributed by atoms with E-state index in [4.69, 9.17) is 0 Å². The number of benzene rings is 1. The van der Waals surface area contributed by atoms with Crippen LogP contribution in [0.25, 0.3) is 0 Å². The van der Waals surface area contributed by atoms with Crippen molar-refractivity contribution in [2.24, 2.45) is 11.8 Å². The minimum absolute atomic E-state index is 0.158. The molecule has 1 saturated carbocycles. The Labute approximate surface area is 157 Å². The van der Waals surface area contributed by atoms with Gasteiger partial charge in [0.2, 0.25) is 15.9 Å². The van der Waals surface area contributed by atoms with Gasteiger partial charge in [0, 0.05) is 25.8 Å². The summed E-state index contributed by atoms with van der Waals surface area (Å²) in [7, 11) is -0.555. The summed E-state index contributed by atoms with van der Waals surface area (Å²) in [6.45, 7) is 6.35. The number of nitrogens with one attached hydrogen (secondary N) is 2. The van der Waals surface area contributed by atoms with E-state index in [2.05, 4.69) is 24.5 Å². The van der Waals surface area contributed by atoms with Gasteiger partial charge >= 0.3 is 0 Å². The molecule has 0 heterocycles. The molecule has 1 amide bonds. The number of nitrogens with zero attached hydrogens (tertiary/aromatic N) is 1. The van der Waals surface area contributed by atoms with E-state index in [1.54, 1.807) is 12.1 Å². The molecule has 26 heavy (non-hydrogen) atoms. The van der Waals surface area contributed by atoms with Crippen LogP contribution < -0.4 is 10.6 Å². The van der Waals surface area contributed by atoms with Crippen LogP contribution in [0, 0.1) is 11.8 Å². The number of amides is 1. The molecule has 1 fully saturated rings. The average molecular weight is 382 g/mol. The molecule has 0 bridgehead atoms. The monoisotopic (exact) mass is 381 g/mol. The summed E-state index contributed by atoms with van der Waals surface area (Å²) in [6.07, 6.45) is 3.51. The molecule has 0 unspecified atom stereocenters. The van der Waals surface area contributed by atoms with E-state index < -0.39 is 10.0 Å². The molecular weight excluding hydrogens is 350 g/mol. The molecule has 6 nitrogen and oxygen atoms in total. The van der Waals surface area contributed by atoms with Gasteiger partial charge in [-0.05, 0) is 43.4 Å². The van der Waals surface area contributed by atoms with Crippen LogP contribution in [-0.2, 0) is 14.8 Å². The molecule has 2 N–H and O–H groups in total. The van der Waals surface area contributed by atoms with Crippen LogP contribution in [0.3, 0.4) is 0 Å². The van der Waals surface area contributed by atoms with Crippen molar-refractivity contribution in [1.82, 2.24) is 9.62 Å². The van der Waals surface area contributed by atoms with Gasteiger partial charge in [-0.2, -0.15) is 0 Å². The Bertz CT molecular complexity index is 733. The fraction of sp³-hybridized carbons (Fsp3) is 0.632. The van der Waals surface area contributed by atoms with E-state index in [1.807, 2.05) is 6.92 Å². The first-order chi connectivity index (χ1) is 12.1. The van der Waals surface area contributed by atoms with E-state index >= 15 is 0 Å². The van der Waals surface area contributed by atoms with Crippen LogP contribution in [0.1, 0.15) is 40.0 Å². The van der Waals surface area contributed by atoms with E-state index in [1.165, 1.54) is 39.1 Å². The molecule has 7 heteroatoms. The van der Waals surface area contributed by atoms with Crippen molar-refractivity contribution in [2.75, 3.05) is 19.4 Å². The average Bonchev–Trinajstić information content (AvgIpc) is 2.59. The zero-order valence-corrected chi connectivity index (χ0v) is 17.1. The second-order valence-electron chi connectivity index (χ2n) is 7.57. The van der Waals surface area contributed by atoms with Crippen molar-refractivity contribution >= 4 is 21.6 Å². The summed E-state index contributed by atoms with van der Waals surface area (Å²) in [5, 5.41) is 6.27. The molecule has 2 rings (SSSR count). The highest BCUT2D eigenvalue weighted by molar-refractivity contribution is 7.89. The first-order valence-electron chi connectivity index (χ1n) is 9.22. The number of rotatable bonds is 6. The third kappa shape index (κ3) is 4.84. The number of sulfonamides is 1. The van der Waals surface area contributed by atoms with Crippen LogP contribution in [-0.4, -0.2) is 44.8 Å².